The van der Waals surface area contributed by atoms with Crippen LogP contribution in [0.2, 0.25) is 0 Å². The van der Waals surface area contributed by atoms with Gasteiger partial charge in [-0.1, -0.05) is 37.3 Å². The van der Waals surface area contributed by atoms with Crippen molar-refractivity contribution in [3.05, 3.63) is 35.9 Å². The molecule has 0 bridgehead atoms. The summed E-state index contributed by atoms with van der Waals surface area (Å²) in [6.45, 7) is 7.19. The van der Waals surface area contributed by atoms with Crippen molar-refractivity contribution in [2.24, 2.45) is 11.8 Å². The van der Waals surface area contributed by atoms with Crippen LogP contribution in [0, 0.1) is 11.8 Å². The molecule has 1 aromatic rings. The molecular formula is C19H29N3O. The molecule has 126 valence electrons. The van der Waals surface area contributed by atoms with Crippen LogP contribution in [0.1, 0.15) is 25.3 Å². The molecule has 2 atom stereocenters. The second-order valence-corrected chi connectivity index (χ2v) is 7.17. The molecule has 23 heavy (non-hydrogen) atoms. The van der Waals surface area contributed by atoms with Gasteiger partial charge in [-0.2, -0.15) is 0 Å². The Labute approximate surface area is 139 Å². The van der Waals surface area contributed by atoms with Gasteiger partial charge in [0.1, 0.15) is 0 Å². The minimum absolute atomic E-state index is 0.144. The highest BCUT2D eigenvalue weighted by Gasteiger charge is 2.34. The Morgan fingerprint density at radius 3 is 2.74 bits per heavy atom. The summed E-state index contributed by atoms with van der Waals surface area (Å²) in [5, 5.41) is 3.27. The predicted octanol–water partition coefficient (Wildman–Crippen LogP) is 1.96. The fraction of sp³-hybridized carbons (Fsp3) is 0.632. The van der Waals surface area contributed by atoms with Gasteiger partial charge in [0.05, 0.1) is 0 Å². The number of nitrogens with one attached hydrogen (secondary N) is 1. The number of carbonyl (C=O) groups excluding carboxylic acids is 1. The van der Waals surface area contributed by atoms with E-state index in [0.29, 0.717) is 17.9 Å². The van der Waals surface area contributed by atoms with Gasteiger partial charge in [0.15, 0.2) is 0 Å². The molecule has 2 fully saturated rings. The van der Waals surface area contributed by atoms with Crippen molar-refractivity contribution in [1.82, 2.24) is 15.1 Å². The number of nitrogens with zero attached hydrogens (tertiary/aromatic N) is 2. The number of likely N-dealkylation sites (N-methyl/N-ethyl adjacent to an activating group) is 1. The van der Waals surface area contributed by atoms with E-state index in [4.69, 9.17) is 0 Å². The van der Waals surface area contributed by atoms with E-state index in [1.54, 1.807) is 0 Å². The molecule has 2 aliphatic rings. The van der Waals surface area contributed by atoms with E-state index in [0.717, 1.165) is 39.1 Å². The molecule has 2 unspecified atom stereocenters. The zero-order valence-electron chi connectivity index (χ0n) is 14.4. The summed E-state index contributed by atoms with van der Waals surface area (Å²) < 4.78 is 0. The van der Waals surface area contributed by atoms with Crippen LogP contribution >= 0.6 is 0 Å². The summed E-state index contributed by atoms with van der Waals surface area (Å²) in [6, 6.07) is 11.0. The van der Waals surface area contributed by atoms with Gasteiger partial charge in [0.25, 0.3) is 0 Å². The first-order valence-corrected chi connectivity index (χ1v) is 8.89. The zero-order valence-corrected chi connectivity index (χ0v) is 14.4. The van der Waals surface area contributed by atoms with Gasteiger partial charge < -0.3 is 10.2 Å². The van der Waals surface area contributed by atoms with E-state index in [2.05, 4.69) is 47.5 Å². The molecule has 0 radical (unpaired) electrons. The van der Waals surface area contributed by atoms with Crippen molar-refractivity contribution < 1.29 is 4.79 Å². The molecule has 1 N–H and O–H groups in total. The van der Waals surface area contributed by atoms with Crippen LogP contribution in [0.15, 0.2) is 30.3 Å². The third-order valence-electron chi connectivity index (χ3n) is 5.53. The highest BCUT2D eigenvalue weighted by molar-refractivity contribution is 5.79. The lowest BCUT2D eigenvalue weighted by molar-refractivity contribution is -0.139. The van der Waals surface area contributed by atoms with Gasteiger partial charge in [-0.05, 0) is 44.0 Å². The first kappa shape index (κ1) is 16.5. The summed E-state index contributed by atoms with van der Waals surface area (Å²) in [4.78, 5) is 17.2. The average molecular weight is 315 g/mol. The van der Waals surface area contributed by atoms with Crippen LogP contribution in [-0.4, -0.2) is 55.0 Å². The molecule has 3 rings (SSSR count). The SMILES string of the molecule is CC(C(=O)N(C)C1CCCN(Cc2ccccc2)C1)C1CNC1. The smallest absolute Gasteiger partial charge is 0.225 e. The molecule has 0 spiro atoms. The average Bonchev–Trinajstić information content (AvgIpc) is 2.53. The maximum Gasteiger partial charge on any atom is 0.225 e. The standard InChI is InChI=1S/C19H29N3O/c1-15(17-11-20-12-17)19(23)21(2)18-9-6-10-22(14-18)13-16-7-4-3-5-8-16/h3-5,7-8,15,17-18,20H,6,9-14H2,1-2H3. The monoisotopic (exact) mass is 315 g/mol. The second-order valence-electron chi connectivity index (χ2n) is 7.17. The minimum atomic E-state index is 0.144. The fourth-order valence-corrected chi connectivity index (χ4v) is 3.70. The van der Waals surface area contributed by atoms with Crippen LogP contribution in [0.25, 0.3) is 0 Å². The quantitative estimate of drug-likeness (QED) is 0.902. The van der Waals surface area contributed by atoms with Crippen molar-refractivity contribution in [1.29, 1.82) is 0 Å². The molecule has 4 heteroatoms. The summed E-state index contributed by atoms with van der Waals surface area (Å²) in [6.07, 6.45) is 2.30. The predicted molar refractivity (Wildman–Crippen MR) is 93.0 cm³/mol. The zero-order chi connectivity index (χ0) is 16.2. The molecule has 1 aromatic carbocycles. The lowest BCUT2D eigenvalue weighted by Gasteiger charge is -2.40. The second kappa shape index (κ2) is 7.45. The first-order chi connectivity index (χ1) is 11.1. The number of benzene rings is 1. The summed E-state index contributed by atoms with van der Waals surface area (Å²) in [7, 11) is 2.00. The van der Waals surface area contributed by atoms with Crippen LogP contribution < -0.4 is 5.32 Å². The van der Waals surface area contributed by atoms with E-state index in [1.165, 1.54) is 12.0 Å². The number of hydrogen-bond acceptors (Lipinski definition) is 3. The van der Waals surface area contributed by atoms with Crippen molar-refractivity contribution in [3.63, 3.8) is 0 Å². The Bertz CT molecular complexity index is 515. The summed E-state index contributed by atoms with van der Waals surface area (Å²) >= 11 is 0. The Morgan fingerprint density at radius 2 is 2.09 bits per heavy atom. The van der Waals surface area contributed by atoms with Crippen LogP contribution in [0.4, 0.5) is 0 Å². The number of likely N-dealkylation sites (tertiary alicyclic amines) is 1. The number of piperidine rings is 1. The normalized spacial score (nSPS) is 24.0. The van der Waals surface area contributed by atoms with Crippen LogP contribution in [-0.2, 0) is 11.3 Å². The van der Waals surface area contributed by atoms with Crippen molar-refractivity contribution in [2.45, 2.75) is 32.4 Å². The highest BCUT2D eigenvalue weighted by Crippen LogP contribution is 2.22. The van der Waals surface area contributed by atoms with Gasteiger partial charge in [-0.15, -0.1) is 0 Å². The van der Waals surface area contributed by atoms with Gasteiger partial charge >= 0.3 is 0 Å². The third-order valence-corrected chi connectivity index (χ3v) is 5.53. The molecule has 0 aromatic heterocycles. The minimum Gasteiger partial charge on any atom is -0.341 e. The number of rotatable bonds is 5. The maximum atomic E-state index is 12.7. The van der Waals surface area contributed by atoms with Gasteiger partial charge in [-0.25, -0.2) is 0 Å². The molecule has 2 aliphatic heterocycles. The van der Waals surface area contributed by atoms with Gasteiger partial charge in [0, 0.05) is 32.1 Å². The first-order valence-electron chi connectivity index (χ1n) is 8.89. The lowest BCUT2D eigenvalue weighted by atomic mass is 9.87. The van der Waals surface area contributed by atoms with Gasteiger partial charge in [0.2, 0.25) is 5.91 Å². The Balaban J connectivity index is 1.55. The topological polar surface area (TPSA) is 35.6 Å². The summed E-state index contributed by atoms with van der Waals surface area (Å²) in [5.74, 6) is 0.989. The third kappa shape index (κ3) is 3.93. The van der Waals surface area contributed by atoms with Crippen LogP contribution in [0.3, 0.4) is 0 Å². The summed E-state index contributed by atoms with van der Waals surface area (Å²) in [5.41, 5.74) is 1.36. The molecule has 2 heterocycles. The fourth-order valence-electron chi connectivity index (χ4n) is 3.70. The molecule has 0 aliphatic carbocycles. The number of amides is 1. The van der Waals surface area contributed by atoms with E-state index < -0.39 is 0 Å². The van der Waals surface area contributed by atoms with E-state index in [1.807, 2.05) is 11.9 Å². The van der Waals surface area contributed by atoms with E-state index >= 15 is 0 Å². The van der Waals surface area contributed by atoms with Crippen molar-refractivity contribution >= 4 is 5.91 Å². The Morgan fingerprint density at radius 1 is 1.35 bits per heavy atom. The molecule has 0 saturated carbocycles. The molecular weight excluding hydrogens is 286 g/mol. The molecule has 4 nitrogen and oxygen atoms in total. The van der Waals surface area contributed by atoms with Crippen molar-refractivity contribution in [2.75, 3.05) is 33.2 Å². The van der Waals surface area contributed by atoms with E-state index in [9.17, 15) is 4.79 Å². The largest absolute Gasteiger partial charge is 0.341 e. The number of hydrogen-bond donors (Lipinski definition) is 1. The highest BCUT2D eigenvalue weighted by atomic mass is 16.2. The van der Waals surface area contributed by atoms with Gasteiger partial charge in [-0.3, -0.25) is 9.69 Å². The van der Waals surface area contributed by atoms with E-state index in [-0.39, 0.29) is 5.92 Å². The van der Waals surface area contributed by atoms with Crippen molar-refractivity contribution in [3.8, 4) is 0 Å². The molecule has 2 saturated heterocycles. The molecule has 1 amide bonds. The number of carbonyl (C=O) groups is 1. The maximum absolute atomic E-state index is 12.7. The Kier molecular flexibility index (Phi) is 5.34. The lowest BCUT2D eigenvalue weighted by Crippen LogP contribution is -2.54. The Hall–Kier alpha value is -1.39. The van der Waals surface area contributed by atoms with Crippen LogP contribution in [0.5, 0.6) is 0 Å².